The molecule has 5 heteroatoms. The average Bonchev–Trinajstić information content (AvgIpc) is 2.31. The van der Waals surface area contributed by atoms with E-state index in [1.807, 2.05) is 12.1 Å². The molecule has 0 saturated carbocycles. The largest absolute Gasteiger partial charge is 0.491 e. The maximum Gasteiger partial charge on any atom is 0.223 e. The third-order valence-electron chi connectivity index (χ3n) is 2.19. The van der Waals surface area contributed by atoms with E-state index in [9.17, 15) is 4.79 Å². The van der Waals surface area contributed by atoms with Gasteiger partial charge in [-0.2, -0.15) is 0 Å². The third-order valence-corrected chi connectivity index (χ3v) is 2.19. The molecule has 0 aromatic heterocycles. The quantitative estimate of drug-likeness (QED) is 0.631. The molecule has 4 N–H and O–H groups in total. The highest BCUT2D eigenvalue weighted by Gasteiger charge is 2.06. The molecule has 5 nitrogen and oxygen atoms in total. The van der Waals surface area contributed by atoms with Gasteiger partial charge in [-0.25, -0.2) is 0 Å². The van der Waals surface area contributed by atoms with Crippen LogP contribution < -0.4 is 15.8 Å². The molecule has 1 atom stereocenters. The van der Waals surface area contributed by atoms with Gasteiger partial charge in [-0.05, 0) is 19.1 Å². The Morgan fingerprint density at radius 2 is 2.24 bits per heavy atom. The molecule has 1 aromatic carbocycles. The van der Waals surface area contributed by atoms with Crippen molar-refractivity contribution in [3.8, 4) is 5.75 Å². The minimum atomic E-state index is -0.232. The van der Waals surface area contributed by atoms with E-state index in [0.29, 0.717) is 11.4 Å². The molecule has 17 heavy (non-hydrogen) atoms. The fourth-order valence-corrected chi connectivity index (χ4v) is 1.26. The molecule has 1 aromatic rings. The Morgan fingerprint density at radius 3 is 2.88 bits per heavy atom. The zero-order valence-electron chi connectivity index (χ0n) is 9.85. The van der Waals surface area contributed by atoms with Crippen LogP contribution in [0.15, 0.2) is 24.3 Å². The van der Waals surface area contributed by atoms with Crippen LogP contribution in [-0.4, -0.2) is 30.3 Å². The van der Waals surface area contributed by atoms with Gasteiger partial charge in [0.25, 0.3) is 0 Å². The van der Waals surface area contributed by atoms with Crippen molar-refractivity contribution in [2.75, 3.05) is 18.9 Å². The van der Waals surface area contributed by atoms with Crippen molar-refractivity contribution in [3.05, 3.63) is 24.3 Å². The molecule has 0 aliphatic carbocycles. The first-order chi connectivity index (χ1) is 8.13. The summed E-state index contributed by atoms with van der Waals surface area (Å²) >= 11 is 0. The predicted molar refractivity (Wildman–Crippen MR) is 65.7 cm³/mol. The van der Waals surface area contributed by atoms with E-state index >= 15 is 0 Å². The van der Waals surface area contributed by atoms with Crippen LogP contribution >= 0.6 is 0 Å². The Morgan fingerprint density at radius 1 is 1.53 bits per heavy atom. The highest BCUT2D eigenvalue weighted by Crippen LogP contribution is 2.19. The molecule has 0 aliphatic heterocycles. The first-order valence-corrected chi connectivity index (χ1v) is 5.51. The standard InChI is InChI=1S/C12H18N2O3/c1-9(8-15)14-12(16)6-7-17-11-5-3-2-4-10(11)13/h2-5,9,15H,6-8,13H2,1H3,(H,14,16)/t9-/m0/s1. The fourth-order valence-electron chi connectivity index (χ4n) is 1.26. The molecule has 0 aliphatic rings. The number of nitrogens with two attached hydrogens (primary N) is 1. The van der Waals surface area contributed by atoms with Crippen molar-refractivity contribution in [1.29, 1.82) is 0 Å². The smallest absolute Gasteiger partial charge is 0.223 e. The summed E-state index contributed by atoms with van der Waals surface area (Å²) in [6.45, 7) is 1.92. The Kier molecular flexibility index (Phi) is 5.29. The number of benzene rings is 1. The minimum Gasteiger partial charge on any atom is -0.491 e. The lowest BCUT2D eigenvalue weighted by molar-refractivity contribution is -0.122. The molecule has 0 radical (unpaired) electrons. The van der Waals surface area contributed by atoms with Gasteiger partial charge < -0.3 is 20.9 Å². The lowest BCUT2D eigenvalue weighted by Crippen LogP contribution is -2.35. The van der Waals surface area contributed by atoms with Crippen LogP contribution in [0.2, 0.25) is 0 Å². The van der Waals surface area contributed by atoms with Crippen molar-refractivity contribution < 1.29 is 14.6 Å². The van der Waals surface area contributed by atoms with Gasteiger partial charge in [0.1, 0.15) is 5.75 Å². The number of nitrogen functional groups attached to an aromatic ring is 1. The zero-order chi connectivity index (χ0) is 12.7. The van der Waals surface area contributed by atoms with Crippen molar-refractivity contribution in [1.82, 2.24) is 5.32 Å². The number of hydrogen-bond donors (Lipinski definition) is 3. The number of carbonyl (C=O) groups excluding carboxylic acids is 1. The zero-order valence-corrected chi connectivity index (χ0v) is 9.85. The molecule has 94 valence electrons. The maximum absolute atomic E-state index is 11.4. The summed E-state index contributed by atoms with van der Waals surface area (Å²) < 4.78 is 5.37. The second-order valence-corrected chi connectivity index (χ2v) is 3.79. The number of rotatable bonds is 6. The van der Waals surface area contributed by atoms with Gasteiger partial charge in [0.15, 0.2) is 0 Å². The Hall–Kier alpha value is -1.75. The van der Waals surface area contributed by atoms with Crippen LogP contribution in [0.4, 0.5) is 5.69 Å². The summed E-state index contributed by atoms with van der Waals surface area (Å²) in [5, 5.41) is 11.4. The number of hydrogen-bond acceptors (Lipinski definition) is 4. The molecule has 0 spiro atoms. The van der Waals surface area contributed by atoms with Gasteiger partial charge in [-0.3, -0.25) is 4.79 Å². The molecule has 1 amide bonds. The number of nitrogens with one attached hydrogen (secondary N) is 1. The molecule has 0 fully saturated rings. The first kappa shape index (κ1) is 13.3. The summed E-state index contributed by atoms with van der Waals surface area (Å²) in [5.74, 6) is 0.427. The minimum absolute atomic E-state index is 0.0712. The fraction of sp³-hybridized carbons (Fsp3) is 0.417. The monoisotopic (exact) mass is 238 g/mol. The van der Waals surface area contributed by atoms with Crippen LogP contribution in [0.25, 0.3) is 0 Å². The van der Waals surface area contributed by atoms with Crippen LogP contribution in [0.1, 0.15) is 13.3 Å². The van der Waals surface area contributed by atoms with Crippen LogP contribution in [0.5, 0.6) is 5.75 Å². The van der Waals surface area contributed by atoms with E-state index in [0.717, 1.165) is 0 Å². The van der Waals surface area contributed by atoms with E-state index in [1.54, 1.807) is 19.1 Å². The lowest BCUT2D eigenvalue weighted by atomic mass is 10.3. The molecule has 0 bridgehead atoms. The number of carbonyl (C=O) groups is 1. The number of aliphatic hydroxyl groups excluding tert-OH is 1. The predicted octanol–water partition coefficient (Wildman–Crippen LogP) is 0.535. The summed E-state index contributed by atoms with van der Waals surface area (Å²) in [5.41, 5.74) is 6.23. The Balaban J connectivity index is 2.29. The van der Waals surface area contributed by atoms with Crippen molar-refractivity contribution in [2.24, 2.45) is 0 Å². The Bertz CT molecular complexity index is 369. The SMILES string of the molecule is C[C@@H](CO)NC(=O)CCOc1ccccc1N. The number of anilines is 1. The molecular formula is C12H18N2O3. The molecule has 0 saturated heterocycles. The average molecular weight is 238 g/mol. The highest BCUT2D eigenvalue weighted by molar-refractivity contribution is 5.76. The van der Waals surface area contributed by atoms with Gasteiger partial charge in [0, 0.05) is 6.04 Å². The van der Waals surface area contributed by atoms with Crippen molar-refractivity contribution in [3.63, 3.8) is 0 Å². The summed E-state index contributed by atoms with van der Waals surface area (Å²) in [6.07, 6.45) is 0.235. The van der Waals surface area contributed by atoms with Gasteiger partial charge >= 0.3 is 0 Å². The number of aliphatic hydroxyl groups is 1. The van der Waals surface area contributed by atoms with E-state index in [4.69, 9.17) is 15.6 Å². The van der Waals surface area contributed by atoms with Crippen LogP contribution in [-0.2, 0) is 4.79 Å². The van der Waals surface area contributed by atoms with E-state index in [1.165, 1.54) is 0 Å². The maximum atomic E-state index is 11.4. The summed E-state index contributed by atoms with van der Waals surface area (Å²) in [4.78, 5) is 11.4. The highest BCUT2D eigenvalue weighted by atomic mass is 16.5. The first-order valence-electron chi connectivity index (χ1n) is 5.51. The summed E-state index contributed by atoms with van der Waals surface area (Å²) in [6, 6.07) is 6.90. The number of ether oxygens (including phenoxy) is 1. The second-order valence-electron chi connectivity index (χ2n) is 3.79. The number of amides is 1. The van der Waals surface area contributed by atoms with Crippen LogP contribution in [0.3, 0.4) is 0 Å². The van der Waals surface area contributed by atoms with E-state index < -0.39 is 0 Å². The molecule has 1 rings (SSSR count). The molecule has 0 heterocycles. The van der Waals surface area contributed by atoms with Gasteiger partial charge in [0.05, 0.1) is 25.3 Å². The van der Waals surface area contributed by atoms with Gasteiger partial charge in [-0.1, -0.05) is 12.1 Å². The second kappa shape index (κ2) is 6.75. The number of para-hydroxylation sites is 2. The Labute approximate surface area is 101 Å². The topological polar surface area (TPSA) is 84.6 Å². The van der Waals surface area contributed by atoms with Crippen LogP contribution in [0, 0.1) is 0 Å². The van der Waals surface area contributed by atoms with E-state index in [2.05, 4.69) is 5.32 Å². The van der Waals surface area contributed by atoms with E-state index in [-0.39, 0.29) is 31.6 Å². The normalized spacial score (nSPS) is 11.9. The molecule has 0 unspecified atom stereocenters. The van der Waals surface area contributed by atoms with Gasteiger partial charge in [-0.15, -0.1) is 0 Å². The lowest BCUT2D eigenvalue weighted by Gasteiger charge is -2.11. The summed E-state index contributed by atoms with van der Waals surface area (Å²) in [7, 11) is 0. The van der Waals surface area contributed by atoms with Crippen molar-refractivity contribution in [2.45, 2.75) is 19.4 Å². The van der Waals surface area contributed by atoms with Crippen molar-refractivity contribution >= 4 is 11.6 Å². The third kappa shape index (κ3) is 4.74. The van der Waals surface area contributed by atoms with Gasteiger partial charge in [0.2, 0.25) is 5.91 Å². The molecular weight excluding hydrogens is 220 g/mol.